The third-order valence-corrected chi connectivity index (χ3v) is 3.56. The van der Waals surface area contributed by atoms with E-state index < -0.39 is 0 Å². The van der Waals surface area contributed by atoms with Crippen LogP contribution in [0.3, 0.4) is 0 Å². The second-order valence-electron chi connectivity index (χ2n) is 4.57. The zero-order chi connectivity index (χ0) is 10.9. The van der Waals surface area contributed by atoms with Crippen LogP contribution in [0.5, 0.6) is 0 Å². The molecule has 0 spiro atoms. The van der Waals surface area contributed by atoms with Crippen molar-refractivity contribution >= 4 is 11.8 Å². The van der Waals surface area contributed by atoms with Gasteiger partial charge in [-0.3, -0.25) is 0 Å². The van der Waals surface area contributed by atoms with Crippen molar-refractivity contribution < 1.29 is 0 Å². The van der Waals surface area contributed by atoms with Gasteiger partial charge in [-0.15, -0.1) is 0 Å². The maximum absolute atomic E-state index is 3.40. The van der Waals surface area contributed by atoms with Crippen LogP contribution in [0.25, 0.3) is 0 Å². The molecule has 1 N–H and O–H groups in total. The summed E-state index contributed by atoms with van der Waals surface area (Å²) < 4.78 is 0. The molecule has 0 aliphatic heterocycles. The largest absolute Gasteiger partial charge is 0.317 e. The van der Waals surface area contributed by atoms with Gasteiger partial charge in [0.15, 0.2) is 0 Å². The highest BCUT2D eigenvalue weighted by molar-refractivity contribution is 7.99. The van der Waals surface area contributed by atoms with Crippen LogP contribution in [0.15, 0.2) is 0 Å². The number of rotatable bonds is 9. The van der Waals surface area contributed by atoms with Crippen molar-refractivity contribution in [2.45, 2.75) is 47.0 Å². The van der Waals surface area contributed by atoms with Gasteiger partial charge in [0.25, 0.3) is 0 Å². The van der Waals surface area contributed by atoms with Crippen molar-refractivity contribution in [3.8, 4) is 0 Å². The van der Waals surface area contributed by atoms with Crippen LogP contribution in [0.1, 0.15) is 47.0 Å². The Hall–Kier alpha value is 0.310. The summed E-state index contributed by atoms with van der Waals surface area (Å²) in [7, 11) is 0. The van der Waals surface area contributed by atoms with E-state index in [-0.39, 0.29) is 0 Å². The quantitative estimate of drug-likeness (QED) is 0.593. The zero-order valence-corrected chi connectivity index (χ0v) is 11.2. The first-order valence-electron chi connectivity index (χ1n) is 5.91. The van der Waals surface area contributed by atoms with Gasteiger partial charge in [-0.1, -0.05) is 27.7 Å². The van der Waals surface area contributed by atoms with Gasteiger partial charge >= 0.3 is 0 Å². The van der Waals surface area contributed by atoms with E-state index in [0.717, 1.165) is 6.54 Å². The maximum Gasteiger partial charge on any atom is -0.00439 e. The highest BCUT2D eigenvalue weighted by atomic mass is 32.2. The Morgan fingerprint density at radius 2 is 1.86 bits per heavy atom. The zero-order valence-electron chi connectivity index (χ0n) is 10.4. The van der Waals surface area contributed by atoms with Crippen molar-refractivity contribution in [3.63, 3.8) is 0 Å². The van der Waals surface area contributed by atoms with Gasteiger partial charge in [0.1, 0.15) is 0 Å². The van der Waals surface area contributed by atoms with Crippen molar-refractivity contribution in [1.29, 1.82) is 0 Å². The van der Waals surface area contributed by atoms with E-state index in [2.05, 4.69) is 44.8 Å². The van der Waals surface area contributed by atoms with Gasteiger partial charge < -0.3 is 5.32 Å². The Morgan fingerprint density at radius 1 is 1.14 bits per heavy atom. The molecular formula is C12H27NS. The van der Waals surface area contributed by atoms with E-state index >= 15 is 0 Å². The van der Waals surface area contributed by atoms with E-state index in [1.807, 2.05) is 0 Å². The molecule has 0 unspecified atom stereocenters. The van der Waals surface area contributed by atoms with Crippen molar-refractivity contribution in [2.75, 3.05) is 24.6 Å². The molecule has 0 aromatic rings. The van der Waals surface area contributed by atoms with Crippen LogP contribution in [0.2, 0.25) is 0 Å². The number of thioether (sulfide) groups is 1. The highest BCUT2D eigenvalue weighted by Crippen LogP contribution is 2.26. The molecule has 0 aromatic carbocycles. The van der Waals surface area contributed by atoms with Crippen molar-refractivity contribution in [2.24, 2.45) is 5.41 Å². The maximum atomic E-state index is 3.40. The first kappa shape index (κ1) is 14.3. The predicted molar refractivity (Wildman–Crippen MR) is 69.2 cm³/mol. The average molecular weight is 217 g/mol. The Morgan fingerprint density at radius 3 is 2.43 bits per heavy atom. The summed E-state index contributed by atoms with van der Waals surface area (Å²) in [4.78, 5) is 0. The first-order valence-corrected chi connectivity index (χ1v) is 7.06. The fourth-order valence-corrected chi connectivity index (χ4v) is 2.16. The topological polar surface area (TPSA) is 12.0 Å². The van der Waals surface area contributed by atoms with E-state index in [9.17, 15) is 0 Å². The van der Waals surface area contributed by atoms with Crippen molar-refractivity contribution in [3.05, 3.63) is 0 Å². The Bertz CT molecular complexity index is 123. The summed E-state index contributed by atoms with van der Waals surface area (Å²) >= 11 is 2.06. The predicted octanol–water partition coefficient (Wildman–Crippen LogP) is 3.55. The summed E-state index contributed by atoms with van der Waals surface area (Å²) in [5, 5.41) is 3.40. The summed E-state index contributed by atoms with van der Waals surface area (Å²) in [6, 6.07) is 0. The summed E-state index contributed by atoms with van der Waals surface area (Å²) in [6.07, 6.45) is 4.04. The molecule has 0 aromatic heterocycles. The average Bonchev–Trinajstić information content (AvgIpc) is 2.13. The highest BCUT2D eigenvalue weighted by Gasteiger charge is 2.16. The number of hydrogen-bond donors (Lipinski definition) is 1. The third kappa shape index (κ3) is 8.89. The third-order valence-electron chi connectivity index (χ3n) is 2.57. The SMILES string of the molecule is CCNCCC(C)(C)CCCSCC. The smallest absolute Gasteiger partial charge is 0.00439 e. The minimum absolute atomic E-state index is 0.524. The van der Waals surface area contributed by atoms with Crippen LogP contribution in [-0.4, -0.2) is 24.6 Å². The van der Waals surface area contributed by atoms with Crippen LogP contribution in [-0.2, 0) is 0 Å². The molecule has 0 aliphatic carbocycles. The van der Waals surface area contributed by atoms with Gasteiger partial charge in [-0.2, -0.15) is 11.8 Å². The number of hydrogen-bond acceptors (Lipinski definition) is 2. The van der Waals surface area contributed by atoms with Crippen LogP contribution in [0.4, 0.5) is 0 Å². The van der Waals surface area contributed by atoms with Crippen LogP contribution >= 0.6 is 11.8 Å². The lowest BCUT2D eigenvalue weighted by atomic mass is 9.85. The molecule has 0 fully saturated rings. The standard InChI is InChI=1S/C12H27NS/c1-5-13-10-9-12(3,4)8-7-11-14-6-2/h13H,5-11H2,1-4H3. The minimum atomic E-state index is 0.524. The Balaban J connectivity index is 3.40. The van der Waals surface area contributed by atoms with Crippen molar-refractivity contribution in [1.82, 2.24) is 5.32 Å². The molecule has 0 bridgehead atoms. The molecule has 0 amide bonds. The van der Waals surface area contributed by atoms with Crippen LogP contribution in [0, 0.1) is 5.41 Å². The van der Waals surface area contributed by atoms with Crippen LogP contribution < -0.4 is 5.32 Å². The van der Waals surface area contributed by atoms with Gasteiger partial charge in [0.2, 0.25) is 0 Å². The van der Waals surface area contributed by atoms with Gasteiger partial charge in [0, 0.05) is 0 Å². The van der Waals surface area contributed by atoms with E-state index in [0.29, 0.717) is 5.41 Å². The lowest BCUT2D eigenvalue weighted by molar-refractivity contribution is 0.301. The summed E-state index contributed by atoms with van der Waals surface area (Å²) in [5.41, 5.74) is 0.524. The Kier molecular flexibility index (Phi) is 8.80. The molecule has 14 heavy (non-hydrogen) atoms. The summed E-state index contributed by atoms with van der Waals surface area (Å²) in [5.74, 6) is 2.60. The normalized spacial score (nSPS) is 12.0. The van der Waals surface area contributed by atoms with E-state index in [1.54, 1.807) is 0 Å². The monoisotopic (exact) mass is 217 g/mol. The van der Waals surface area contributed by atoms with E-state index in [4.69, 9.17) is 0 Å². The molecule has 2 heteroatoms. The molecule has 0 rings (SSSR count). The molecule has 0 saturated heterocycles. The van der Waals surface area contributed by atoms with Gasteiger partial charge in [-0.25, -0.2) is 0 Å². The molecule has 86 valence electrons. The lowest BCUT2D eigenvalue weighted by Gasteiger charge is -2.24. The number of nitrogens with one attached hydrogen (secondary N) is 1. The van der Waals surface area contributed by atoms with Gasteiger partial charge in [0.05, 0.1) is 0 Å². The van der Waals surface area contributed by atoms with Gasteiger partial charge in [-0.05, 0) is 49.3 Å². The second-order valence-corrected chi connectivity index (χ2v) is 5.96. The second kappa shape index (κ2) is 8.60. The fourth-order valence-electron chi connectivity index (χ4n) is 1.53. The molecule has 0 atom stereocenters. The fraction of sp³-hybridized carbons (Fsp3) is 1.00. The van der Waals surface area contributed by atoms with E-state index in [1.165, 1.54) is 37.3 Å². The Labute approximate surface area is 94.4 Å². The molecule has 0 aliphatic rings. The molecule has 1 nitrogen and oxygen atoms in total. The molecule has 0 radical (unpaired) electrons. The first-order chi connectivity index (χ1) is 6.62. The molecule has 0 saturated carbocycles. The minimum Gasteiger partial charge on any atom is -0.317 e. The lowest BCUT2D eigenvalue weighted by Crippen LogP contribution is -2.22. The molecular weight excluding hydrogens is 190 g/mol. The molecule has 0 heterocycles. The summed E-state index contributed by atoms with van der Waals surface area (Å²) in [6.45, 7) is 11.5.